The van der Waals surface area contributed by atoms with Crippen molar-refractivity contribution >= 4 is 28.4 Å². The van der Waals surface area contributed by atoms with Crippen LogP contribution in [0.5, 0.6) is 0 Å². The second-order valence-corrected chi connectivity index (χ2v) is 8.80. The average Bonchev–Trinajstić information content (AvgIpc) is 3.52. The molecule has 1 fully saturated rings. The first-order valence-electron chi connectivity index (χ1n) is 10.6. The number of benzene rings is 1. The lowest BCUT2D eigenvalue weighted by molar-refractivity contribution is 0.497. The van der Waals surface area contributed by atoms with Crippen LogP contribution in [0.1, 0.15) is 50.7 Å². The van der Waals surface area contributed by atoms with Crippen LogP contribution in [0.4, 0.5) is 0 Å². The Bertz CT molecular complexity index is 1240. The molecule has 1 N–H and O–H groups in total. The van der Waals surface area contributed by atoms with Gasteiger partial charge in [-0.2, -0.15) is 0 Å². The van der Waals surface area contributed by atoms with Crippen molar-refractivity contribution in [3.8, 4) is 0 Å². The first kappa shape index (κ1) is 19.3. The SMILES string of the molecule is CCn1c(=O)c2ccccc2n2c(CSc3n[nH]c(CCC4CCCC4)n3)nnc12. The van der Waals surface area contributed by atoms with Gasteiger partial charge in [-0.05, 0) is 31.4 Å². The number of H-pyrrole nitrogens is 1. The standard InChI is InChI=1S/C21H25N7OS/c1-2-27-19(29)15-9-5-6-10-16(15)28-18(24-26-21(27)28)13-30-20-22-17(23-25-20)12-11-14-7-3-4-8-14/h5-6,9-10,14H,2-4,7-8,11-13H2,1H3,(H,22,23,25). The molecule has 156 valence electrons. The van der Waals surface area contributed by atoms with Crippen molar-refractivity contribution in [1.82, 2.24) is 34.3 Å². The third-order valence-corrected chi connectivity index (χ3v) is 6.84. The number of rotatable bonds is 7. The molecular weight excluding hydrogens is 398 g/mol. The summed E-state index contributed by atoms with van der Waals surface area (Å²) in [5.41, 5.74) is 0.795. The van der Waals surface area contributed by atoms with E-state index in [1.165, 1.54) is 43.9 Å². The van der Waals surface area contributed by atoms with Crippen LogP contribution in [0.2, 0.25) is 0 Å². The van der Waals surface area contributed by atoms with Gasteiger partial charge in [0.15, 0.2) is 0 Å². The maximum Gasteiger partial charge on any atom is 0.262 e. The van der Waals surface area contributed by atoms with E-state index in [1.54, 1.807) is 4.57 Å². The van der Waals surface area contributed by atoms with Crippen LogP contribution < -0.4 is 5.56 Å². The maximum atomic E-state index is 12.8. The number of aromatic amines is 1. The van der Waals surface area contributed by atoms with Gasteiger partial charge in [-0.15, -0.1) is 15.3 Å². The lowest BCUT2D eigenvalue weighted by atomic mass is 10.0. The first-order chi connectivity index (χ1) is 14.7. The van der Waals surface area contributed by atoms with E-state index in [2.05, 4.69) is 25.4 Å². The Labute approximate surface area is 178 Å². The number of nitrogens with one attached hydrogen (secondary N) is 1. The van der Waals surface area contributed by atoms with Crippen LogP contribution >= 0.6 is 11.8 Å². The van der Waals surface area contributed by atoms with Gasteiger partial charge >= 0.3 is 0 Å². The van der Waals surface area contributed by atoms with Gasteiger partial charge in [-0.1, -0.05) is 49.6 Å². The van der Waals surface area contributed by atoms with Gasteiger partial charge in [0.25, 0.3) is 5.56 Å². The quantitative estimate of drug-likeness (QED) is 0.457. The van der Waals surface area contributed by atoms with E-state index in [0.717, 1.165) is 34.7 Å². The third-order valence-electron chi connectivity index (χ3n) is 6.00. The molecule has 1 aliphatic carbocycles. The molecule has 3 aromatic heterocycles. The fourth-order valence-electron chi connectivity index (χ4n) is 4.42. The van der Waals surface area contributed by atoms with Crippen molar-refractivity contribution < 1.29 is 0 Å². The highest BCUT2D eigenvalue weighted by Crippen LogP contribution is 2.28. The molecule has 4 aromatic rings. The summed E-state index contributed by atoms with van der Waals surface area (Å²) in [6, 6.07) is 7.61. The Kier molecular flexibility index (Phi) is 5.28. The number of hydrogen-bond donors (Lipinski definition) is 1. The van der Waals surface area contributed by atoms with Crippen LogP contribution in [-0.2, 0) is 18.7 Å². The molecule has 1 aromatic carbocycles. The van der Waals surface area contributed by atoms with Gasteiger partial charge in [-0.25, -0.2) is 4.98 Å². The zero-order chi connectivity index (χ0) is 20.5. The number of fused-ring (bicyclic) bond motifs is 3. The van der Waals surface area contributed by atoms with E-state index in [4.69, 9.17) is 0 Å². The van der Waals surface area contributed by atoms with E-state index >= 15 is 0 Å². The predicted octanol–water partition coefficient (Wildman–Crippen LogP) is 3.60. The molecule has 0 saturated heterocycles. The van der Waals surface area contributed by atoms with Crippen molar-refractivity contribution in [1.29, 1.82) is 0 Å². The van der Waals surface area contributed by atoms with Crippen LogP contribution in [-0.4, -0.2) is 34.3 Å². The van der Waals surface area contributed by atoms with Crippen molar-refractivity contribution in [3.63, 3.8) is 0 Å². The number of para-hydroxylation sites is 1. The van der Waals surface area contributed by atoms with Crippen molar-refractivity contribution in [2.24, 2.45) is 5.92 Å². The second-order valence-electron chi connectivity index (χ2n) is 7.86. The summed E-state index contributed by atoms with van der Waals surface area (Å²) in [6.45, 7) is 2.49. The molecule has 0 spiro atoms. The van der Waals surface area contributed by atoms with Gasteiger partial charge in [-0.3, -0.25) is 18.9 Å². The topological polar surface area (TPSA) is 93.8 Å². The summed E-state index contributed by atoms with van der Waals surface area (Å²) < 4.78 is 3.64. The molecule has 30 heavy (non-hydrogen) atoms. The predicted molar refractivity (Wildman–Crippen MR) is 117 cm³/mol. The van der Waals surface area contributed by atoms with Crippen LogP contribution in [0, 0.1) is 5.92 Å². The zero-order valence-corrected chi connectivity index (χ0v) is 17.9. The lowest BCUT2D eigenvalue weighted by Gasteiger charge is -2.09. The van der Waals surface area contributed by atoms with E-state index in [0.29, 0.717) is 23.5 Å². The highest BCUT2D eigenvalue weighted by atomic mass is 32.2. The zero-order valence-electron chi connectivity index (χ0n) is 17.0. The minimum absolute atomic E-state index is 0.0342. The summed E-state index contributed by atoms with van der Waals surface area (Å²) in [5.74, 6) is 3.74. The molecule has 3 heterocycles. The number of hydrogen-bond acceptors (Lipinski definition) is 6. The Morgan fingerprint density at radius 2 is 2.03 bits per heavy atom. The minimum atomic E-state index is -0.0342. The van der Waals surface area contributed by atoms with E-state index in [9.17, 15) is 4.79 Å². The summed E-state index contributed by atoms with van der Waals surface area (Å²) in [4.78, 5) is 17.4. The molecule has 8 nitrogen and oxygen atoms in total. The normalized spacial score (nSPS) is 15.0. The molecule has 0 radical (unpaired) electrons. The average molecular weight is 424 g/mol. The largest absolute Gasteiger partial charge is 0.277 e. The smallest absolute Gasteiger partial charge is 0.262 e. The summed E-state index contributed by atoms with van der Waals surface area (Å²) >= 11 is 1.53. The number of thioether (sulfide) groups is 1. The van der Waals surface area contributed by atoms with Gasteiger partial charge in [0, 0.05) is 13.0 Å². The molecule has 9 heteroatoms. The van der Waals surface area contributed by atoms with Crippen LogP contribution in [0.25, 0.3) is 16.7 Å². The van der Waals surface area contributed by atoms with E-state index in [-0.39, 0.29) is 5.56 Å². The molecule has 0 amide bonds. The van der Waals surface area contributed by atoms with Gasteiger partial charge < -0.3 is 0 Å². The molecule has 0 aliphatic heterocycles. The van der Waals surface area contributed by atoms with Crippen LogP contribution in [0.3, 0.4) is 0 Å². The lowest BCUT2D eigenvalue weighted by Crippen LogP contribution is -2.22. The van der Waals surface area contributed by atoms with Crippen molar-refractivity contribution in [3.05, 3.63) is 46.3 Å². The Balaban J connectivity index is 1.37. The molecule has 0 atom stereocenters. The number of nitrogens with zero attached hydrogens (tertiary/aromatic N) is 6. The fraction of sp³-hybridized carbons (Fsp3) is 0.476. The summed E-state index contributed by atoms with van der Waals surface area (Å²) in [6.07, 6.45) is 7.59. The highest BCUT2D eigenvalue weighted by molar-refractivity contribution is 7.98. The first-order valence-corrected chi connectivity index (χ1v) is 11.6. The Hall–Kier alpha value is -2.68. The van der Waals surface area contributed by atoms with E-state index < -0.39 is 0 Å². The van der Waals surface area contributed by atoms with Gasteiger partial charge in [0.05, 0.1) is 16.7 Å². The summed E-state index contributed by atoms with van der Waals surface area (Å²) in [5, 5.41) is 17.5. The minimum Gasteiger partial charge on any atom is -0.277 e. The number of aromatic nitrogens is 7. The molecule has 1 saturated carbocycles. The maximum absolute atomic E-state index is 12.8. The molecular formula is C21H25N7OS. The molecule has 0 unspecified atom stereocenters. The Morgan fingerprint density at radius 3 is 2.87 bits per heavy atom. The summed E-state index contributed by atoms with van der Waals surface area (Å²) in [7, 11) is 0. The molecule has 1 aliphatic rings. The second kappa shape index (κ2) is 8.22. The van der Waals surface area contributed by atoms with Crippen molar-refractivity contribution in [2.45, 2.75) is 62.9 Å². The van der Waals surface area contributed by atoms with Crippen molar-refractivity contribution in [2.75, 3.05) is 0 Å². The van der Waals surface area contributed by atoms with Gasteiger partial charge in [0.2, 0.25) is 10.9 Å². The van der Waals surface area contributed by atoms with Crippen LogP contribution in [0.15, 0.2) is 34.2 Å². The van der Waals surface area contributed by atoms with E-state index in [1.807, 2.05) is 35.6 Å². The Morgan fingerprint density at radius 1 is 1.20 bits per heavy atom. The monoisotopic (exact) mass is 423 g/mol. The molecule has 0 bridgehead atoms. The number of aryl methyl sites for hydroxylation is 2. The van der Waals surface area contributed by atoms with Gasteiger partial charge in [0.1, 0.15) is 11.6 Å². The molecule has 5 rings (SSSR count). The fourth-order valence-corrected chi connectivity index (χ4v) is 5.15. The third kappa shape index (κ3) is 3.51. The highest BCUT2D eigenvalue weighted by Gasteiger charge is 2.18.